The van der Waals surface area contributed by atoms with Crippen molar-refractivity contribution in [3.05, 3.63) is 78.9 Å². The standard InChI is InChI=1S/C21H23N3/c1-2-13-23-15-18-16-24(19-11-7-4-8-12-19)22-21(18)20(23)14-17-9-5-3-6-10-17/h2-12,18,20H,1,13-16H2/t18-,20+/m1/s1. The predicted octanol–water partition coefficient (Wildman–Crippen LogP) is 3.59. The van der Waals surface area contributed by atoms with Gasteiger partial charge in [-0.2, -0.15) is 5.10 Å². The first-order chi connectivity index (χ1) is 11.8. The van der Waals surface area contributed by atoms with Crippen LogP contribution in [-0.2, 0) is 6.42 Å². The molecule has 0 radical (unpaired) electrons. The van der Waals surface area contributed by atoms with Crippen LogP contribution in [0.15, 0.2) is 78.4 Å². The number of rotatable bonds is 5. The summed E-state index contributed by atoms with van der Waals surface area (Å²) in [4.78, 5) is 2.52. The minimum Gasteiger partial charge on any atom is -0.290 e. The maximum Gasteiger partial charge on any atom is 0.0621 e. The van der Waals surface area contributed by atoms with Crippen molar-refractivity contribution in [1.29, 1.82) is 0 Å². The minimum absolute atomic E-state index is 0.379. The van der Waals surface area contributed by atoms with Crippen molar-refractivity contribution in [2.24, 2.45) is 11.0 Å². The fourth-order valence-corrected chi connectivity index (χ4v) is 3.85. The van der Waals surface area contributed by atoms with E-state index in [9.17, 15) is 0 Å². The molecule has 0 bridgehead atoms. The highest BCUT2D eigenvalue weighted by molar-refractivity contribution is 5.97. The molecule has 2 heterocycles. The molecule has 4 rings (SSSR count). The number of fused-ring (bicyclic) bond motifs is 1. The van der Waals surface area contributed by atoms with Gasteiger partial charge in [-0.25, -0.2) is 0 Å². The van der Waals surface area contributed by atoms with Crippen LogP contribution in [0.25, 0.3) is 0 Å². The van der Waals surface area contributed by atoms with Gasteiger partial charge in [0, 0.05) is 19.0 Å². The molecule has 3 heteroatoms. The summed E-state index contributed by atoms with van der Waals surface area (Å²) >= 11 is 0. The Labute approximate surface area is 143 Å². The Morgan fingerprint density at radius 2 is 1.71 bits per heavy atom. The third kappa shape index (κ3) is 2.87. The molecule has 2 atom stereocenters. The van der Waals surface area contributed by atoms with E-state index in [0.717, 1.165) is 26.1 Å². The summed E-state index contributed by atoms with van der Waals surface area (Å²) in [5.74, 6) is 0.527. The van der Waals surface area contributed by atoms with Gasteiger partial charge in [-0.3, -0.25) is 9.91 Å². The van der Waals surface area contributed by atoms with Crippen LogP contribution in [0.3, 0.4) is 0 Å². The monoisotopic (exact) mass is 317 g/mol. The second-order valence-electron chi connectivity index (χ2n) is 6.59. The highest BCUT2D eigenvalue weighted by atomic mass is 15.5. The third-order valence-corrected chi connectivity index (χ3v) is 4.97. The van der Waals surface area contributed by atoms with Gasteiger partial charge in [-0.1, -0.05) is 54.6 Å². The van der Waals surface area contributed by atoms with E-state index < -0.39 is 0 Å². The Hall–Kier alpha value is -2.39. The first-order valence-electron chi connectivity index (χ1n) is 8.65. The molecule has 0 aliphatic carbocycles. The van der Waals surface area contributed by atoms with Crippen LogP contribution in [0.2, 0.25) is 0 Å². The maximum absolute atomic E-state index is 5.00. The van der Waals surface area contributed by atoms with E-state index in [0.29, 0.717) is 12.0 Å². The molecule has 0 N–H and O–H groups in total. The van der Waals surface area contributed by atoms with Crippen LogP contribution in [-0.4, -0.2) is 36.3 Å². The summed E-state index contributed by atoms with van der Waals surface area (Å²) < 4.78 is 0. The normalized spacial score (nSPS) is 23.2. The fourth-order valence-electron chi connectivity index (χ4n) is 3.85. The van der Waals surface area contributed by atoms with E-state index in [4.69, 9.17) is 5.10 Å². The van der Waals surface area contributed by atoms with Crippen molar-refractivity contribution in [3.63, 3.8) is 0 Å². The molecule has 0 aromatic heterocycles. The van der Waals surface area contributed by atoms with Gasteiger partial charge in [0.05, 0.1) is 24.0 Å². The molecular formula is C21H23N3. The second-order valence-corrected chi connectivity index (χ2v) is 6.59. The Bertz CT molecular complexity index is 723. The smallest absolute Gasteiger partial charge is 0.0621 e. The SMILES string of the molecule is C=CCN1C[C@@H]2CN(c3ccccc3)N=C2[C@@H]1Cc1ccccc1. The molecule has 0 saturated carbocycles. The molecule has 0 amide bonds. The molecule has 0 spiro atoms. The molecule has 0 unspecified atom stereocenters. The van der Waals surface area contributed by atoms with Gasteiger partial charge in [0.15, 0.2) is 0 Å². The van der Waals surface area contributed by atoms with E-state index in [2.05, 4.69) is 77.2 Å². The zero-order valence-electron chi connectivity index (χ0n) is 13.9. The van der Waals surface area contributed by atoms with E-state index in [-0.39, 0.29) is 0 Å². The van der Waals surface area contributed by atoms with Crippen LogP contribution < -0.4 is 5.01 Å². The number of nitrogens with zero attached hydrogens (tertiary/aromatic N) is 3. The van der Waals surface area contributed by atoms with Gasteiger partial charge in [0.25, 0.3) is 0 Å². The third-order valence-electron chi connectivity index (χ3n) is 4.97. The van der Waals surface area contributed by atoms with Crippen molar-refractivity contribution in [2.45, 2.75) is 12.5 Å². The Morgan fingerprint density at radius 3 is 2.42 bits per heavy atom. The van der Waals surface area contributed by atoms with E-state index in [1.807, 2.05) is 6.08 Å². The molecule has 24 heavy (non-hydrogen) atoms. The summed E-state index contributed by atoms with van der Waals surface area (Å²) in [5, 5.41) is 7.17. The summed E-state index contributed by atoms with van der Waals surface area (Å²) in [6.07, 6.45) is 3.03. The zero-order chi connectivity index (χ0) is 16.4. The summed E-state index contributed by atoms with van der Waals surface area (Å²) in [7, 11) is 0. The number of hydrazone groups is 1. The highest BCUT2D eigenvalue weighted by Gasteiger charge is 2.42. The fraction of sp³-hybridized carbons (Fsp3) is 0.286. The molecule has 2 aromatic rings. The Morgan fingerprint density at radius 1 is 1.00 bits per heavy atom. The van der Waals surface area contributed by atoms with Crippen LogP contribution in [0.4, 0.5) is 5.69 Å². The lowest BCUT2D eigenvalue weighted by molar-refractivity contribution is 0.289. The van der Waals surface area contributed by atoms with E-state index in [1.54, 1.807) is 0 Å². The minimum atomic E-state index is 0.379. The molecule has 122 valence electrons. The van der Waals surface area contributed by atoms with E-state index >= 15 is 0 Å². The van der Waals surface area contributed by atoms with Crippen molar-refractivity contribution in [3.8, 4) is 0 Å². The van der Waals surface area contributed by atoms with Gasteiger partial charge in [-0.05, 0) is 24.1 Å². The average molecular weight is 317 g/mol. The molecule has 1 fully saturated rings. The molecular weight excluding hydrogens is 294 g/mol. The van der Waals surface area contributed by atoms with Crippen molar-refractivity contribution in [1.82, 2.24) is 4.90 Å². The van der Waals surface area contributed by atoms with Crippen molar-refractivity contribution < 1.29 is 0 Å². The molecule has 2 aromatic carbocycles. The lowest BCUT2D eigenvalue weighted by atomic mass is 9.98. The van der Waals surface area contributed by atoms with Crippen LogP contribution >= 0.6 is 0 Å². The first kappa shape index (κ1) is 15.2. The van der Waals surface area contributed by atoms with Gasteiger partial charge in [0.1, 0.15) is 0 Å². The van der Waals surface area contributed by atoms with Gasteiger partial charge < -0.3 is 0 Å². The summed E-state index contributed by atoms with van der Waals surface area (Å²) in [5.41, 5.74) is 3.90. The topological polar surface area (TPSA) is 18.8 Å². The molecule has 2 aliphatic heterocycles. The summed E-state index contributed by atoms with van der Waals surface area (Å²) in [6.45, 7) is 6.92. The van der Waals surface area contributed by atoms with Crippen molar-refractivity contribution >= 4 is 11.4 Å². The summed E-state index contributed by atoms with van der Waals surface area (Å²) in [6, 6.07) is 21.6. The number of hydrogen-bond acceptors (Lipinski definition) is 3. The van der Waals surface area contributed by atoms with Crippen LogP contribution in [0, 0.1) is 5.92 Å². The Kier molecular flexibility index (Phi) is 4.18. The van der Waals surface area contributed by atoms with Crippen LogP contribution in [0.1, 0.15) is 5.56 Å². The molecule has 1 saturated heterocycles. The first-order valence-corrected chi connectivity index (χ1v) is 8.65. The quantitative estimate of drug-likeness (QED) is 0.785. The molecule has 2 aliphatic rings. The lowest BCUT2D eigenvalue weighted by Crippen LogP contribution is -2.35. The van der Waals surface area contributed by atoms with Crippen molar-refractivity contribution in [2.75, 3.05) is 24.6 Å². The van der Waals surface area contributed by atoms with Crippen LogP contribution in [0.5, 0.6) is 0 Å². The van der Waals surface area contributed by atoms with Gasteiger partial charge >= 0.3 is 0 Å². The number of likely N-dealkylation sites (tertiary alicyclic amines) is 1. The van der Waals surface area contributed by atoms with E-state index in [1.165, 1.54) is 17.0 Å². The Balaban J connectivity index is 1.60. The number of benzene rings is 2. The predicted molar refractivity (Wildman–Crippen MR) is 100 cm³/mol. The van der Waals surface area contributed by atoms with Gasteiger partial charge in [-0.15, -0.1) is 6.58 Å². The molecule has 3 nitrogen and oxygen atoms in total. The highest BCUT2D eigenvalue weighted by Crippen LogP contribution is 2.31. The average Bonchev–Trinajstić information content (AvgIpc) is 3.17. The zero-order valence-corrected chi connectivity index (χ0v) is 13.9. The lowest BCUT2D eigenvalue weighted by Gasteiger charge is -2.24. The number of hydrogen-bond donors (Lipinski definition) is 0. The maximum atomic E-state index is 5.00. The largest absolute Gasteiger partial charge is 0.290 e. The second kappa shape index (κ2) is 6.62. The van der Waals surface area contributed by atoms with Gasteiger partial charge in [0.2, 0.25) is 0 Å². The number of anilines is 1. The number of para-hydroxylation sites is 1.